The molecule has 0 saturated carbocycles. The predicted molar refractivity (Wildman–Crippen MR) is 96.1 cm³/mol. The highest BCUT2D eigenvalue weighted by molar-refractivity contribution is 6.30. The molecule has 1 aliphatic rings. The highest BCUT2D eigenvalue weighted by atomic mass is 35.5. The minimum atomic E-state index is -0.471. The quantitative estimate of drug-likeness (QED) is 0.873. The van der Waals surface area contributed by atoms with E-state index in [1.54, 1.807) is 34.1 Å². The molecule has 24 heavy (non-hydrogen) atoms. The van der Waals surface area contributed by atoms with E-state index >= 15 is 0 Å². The summed E-state index contributed by atoms with van der Waals surface area (Å²) in [5, 5.41) is 3.39. The van der Waals surface area contributed by atoms with Crippen molar-refractivity contribution in [2.75, 3.05) is 31.5 Å². The number of carbonyl (C=O) groups excluding carboxylic acids is 2. The fourth-order valence-corrected chi connectivity index (χ4v) is 2.80. The molecule has 7 heteroatoms. The summed E-state index contributed by atoms with van der Waals surface area (Å²) in [5.41, 5.74) is 6.67. The minimum Gasteiger partial charge on any atom is -0.338 e. The van der Waals surface area contributed by atoms with Crippen LogP contribution in [-0.4, -0.2) is 54.0 Å². The van der Waals surface area contributed by atoms with E-state index in [0.29, 0.717) is 36.9 Å². The Labute approximate surface area is 147 Å². The average molecular weight is 353 g/mol. The van der Waals surface area contributed by atoms with Crippen LogP contribution < -0.4 is 11.1 Å². The van der Waals surface area contributed by atoms with Crippen LogP contribution in [0.1, 0.15) is 20.3 Å². The number of halogens is 1. The lowest BCUT2D eigenvalue weighted by molar-refractivity contribution is -0.135. The molecule has 2 atom stereocenters. The number of hydrogen-bond acceptors (Lipinski definition) is 3. The van der Waals surface area contributed by atoms with Crippen molar-refractivity contribution in [1.82, 2.24) is 9.80 Å². The summed E-state index contributed by atoms with van der Waals surface area (Å²) in [5.74, 6) is 0.126. The summed E-state index contributed by atoms with van der Waals surface area (Å²) in [7, 11) is 0. The second-order valence-electron chi connectivity index (χ2n) is 6.16. The normalized spacial score (nSPS) is 17.3. The van der Waals surface area contributed by atoms with Crippen LogP contribution in [-0.2, 0) is 4.79 Å². The van der Waals surface area contributed by atoms with E-state index in [1.165, 1.54) is 0 Å². The zero-order valence-corrected chi connectivity index (χ0v) is 14.9. The third-order valence-electron chi connectivity index (χ3n) is 4.50. The standard InChI is InChI=1S/C17H25ClN4O2/c1-3-12(2)15(19)16(23)21-7-9-22(10-8-21)17(24)20-14-6-4-5-13(18)11-14/h4-6,11-12,15H,3,7-10,19H2,1-2H3,(H,20,24). The number of nitrogens with zero attached hydrogens (tertiary/aromatic N) is 2. The molecule has 132 valence electrons. The second-order valence-corrected chi connectivity index (χ2v) is 6.60. The number of rotatable bonds is 4. The maximum atomic E-state index is 12.4. The van der Waals surface area contributed by atoms with Gasteiger partial charge in [-0.05, 0) is 24.1 Å². The number of anilines is 1. The van der Waals surface area contributed by atoms with Crippen LogP contribution in [0, 0.1) is 5.92 Å². The number of urea groups is 1. The zero-order valence-electron chi connectivity index (χ0n) is 14.2. The Hall–Kier alpha value is -1.79. The number of amides is 3. The van der Waals surface area contributed by atoms with Crippen molar-refractivity contribution in [3.8, 4) is 0 Å². The summed E-state index contributed by atoms with van der Waals surface area (Å²) in [4.78, 5) is 28.1. The topological polar surface area (TPSA) is 78.7 Å². The molecule has 1 saturated heterocycles. The number of nitrogens with one attached hydrogen (secondary N) is 1. The molecule has 3 N–H and O–H groups in total. The third-order valence-corrected chi connectivity index (χ3v) is 4.73. The Kier molecular flexibility index (Phi) is 6.45. The fourth-order valence-electron chi connectivity index (χ4n) is 2.61. The van der Waals surface area contributed by atoms with Gasteiger partial charge in [0.2, 0.25) is 5.91 Å². The van der Waals surface area contributed by atoms with Crippen LogP contribution in [0.15, 0.2) is 24.3 Å². The molecule has 0 bridgehead atoms. The first-order chi connectivity index (χ1) is 11.4. The Balaban J connectivity index is 1.86. The summed E-state index contributed by atoms with van der Waals surface area (Å²) < 4.78 is 0. The molecule has 0 radical (unpaired) electrons. The molecule has 2 rings (SSSR count). The minimum absolute atomic E-state index is 0.0285. The molecule has 0 aliphatic carbocycles. The fraction of sp³-hybridized carbons (Fsp3) is 0.529. The molecular weight excluding hydrogens is 328 g/mol. The first-order valence-electron chi connectivity index (χ1n) is 8.28. The van der Waals surface area contributed by atoms with Gasteiger partial charge in [-0.15, -0.1) is 0 Å². The first kappa shape index (κ1) is 18.5. The van der Waals surface area contributed by atoms with Gasteiger partial charge >= 0.3 is 6.03 Å². The smallest absolute Gasteiger partial charge is 0.321 e. The summed E-state index contributed by atoms with van der Waals surface area (Å²) >= 11 is 5.91. The molecule has 1 aromatic carbocycles. The largest absolute Gasteiger partial charge is 0.338 e. The van der Waals surface area contributed by atoms with Crippen LogP contribution in [0.2, 0.25) is 5.02 Å². The molecular formula is C17H25ClN4O2. The van der Waals surface area contributed by atoms with Gasteiger partial charge in [0, 0.05) is 36.9 Å². The van der Waals surface area contributed by atoms with Gasteiger partial charge in [-0.1, -0.05) is 37.9 Å². The van der Waals surface area contributed by atoms with Crippen molar-refractivity contribution in [3.63, 3.8) is 0 Å². The van der Waals surface area contributed by atoms with Gasteiger partial charge < -0.3 is 20.9 Å². The van der Waals surface area contributed by atoms with Gasteiger partial charge in [-0.3, -0.25) is 4.79 Å². The van der Waals surface area contributed by atoms with Gasteiger partial charge in [0.15, 0.2) is 0 Å². The van der Waals surface area contributed by atoms with Crippen molar-refractivity contribution in [1.29, 1.82) is 0 Å². The molecule has 0 aromatic heterocycles. The number of piperazine rings is 1. The van der Waals surface area contributed by atoms with Crippen molar-refractivity contribution in [2.45, 2.75) is 26.3 Å². The van der Waals surface area contributed by atoms with Gasteiger partial charge in [-0.2, -0.15) is 0 Å². The number of benzene rings is 1. The number of hydrogen-bond donors (Lipinski definition) is 2. The van der Waals surface area contributed by atoms with E-state index in [2.05, 4.69) is 5.32 Å². The molecule has 0 spiro atoms. The van der Waals surface area contributed by atoms with Crippen LogP contribution >= 0.6 is 11.6 Å². The van der Waals surface area contributed by atoms with Crippen LogP contribution in [0.4, 0.5) is 10.5 Å². The lowest BCUT2D eigenvalue weighted by Gasteiger charge is -2.36. The Morgan fingerprint density at radius 1 is 1.25 bits per heavy atom. The van der Waals surface area contributed by atoms with Crippen LogP contribution in [0.5, 0.6) is 0 Å². The zero-order chi connectivity index (χ0) is 17.7. The van der Waals surface area contributed by atoms with E-state index in [4.69, 9.17) is 17.3 Å². The Morgan fingerprint density at radius 2 is 1.88 bits per heavy atom. The number of carbonyl (C=O) groups is 2. The highest BCUT2D eigenvalue weighted by Crippen LogP contribution is 2.16. The van der Waals surface area contributed by atoms with E-state index in [-0.39, 0.29) is 17.9 Å². The maximum Gasteiger partial charge on any atom is 0.321 e. The lowest BCUT2D eigenvalue weighted by Crippen LogP contribution is -2.56. The van der Waals surface area contributed by atoms with Crippen molar-refractivity contribution in [3.05, 3.63) is 29.3 Å². The molecule has 1 aromatic rings. The van der Waals surface area contributed by atoms with Gasteiger partial charge in [0.1, 0.15) is 0 Å². The average Bonchev–Trinajstić information content (AvgIpc) is 2.59. The monoisotopic (exact) mass is 352 g/mol. The van der Waals surface area contributed by atoms with Crippen LogP contribution in [0.3, 0.4) is 0 Å². The SMILES string of the molecule is CCC(C)C(N)C(=O)N1CCN(C(=O)Nc2cccc(Cl)c2)CC1. The molecule has 1 heterocycles. The van der Waals surface area contributed by atoms with Crippen LogP contribution in [0.25, 0.3) is 0 Å². The number of nitrogens with two attached hydrogens (primary N) is 1. The predicted octanol–water partition coefficient (Wildman–Crippen LogP) is 2.39. The van der Waals surface area contributed by atoms with Crippen molar-refractivity contribution >= 4 is 29.2 Å². The highest BCUT2D eigenvalue weighted by Gasteiger charge is 2.29. The molecule has 2 unspecified atom stereocenters. The summed E-state index contributed by atoms with van der Waals surface area (Å²) in [6.45, 7) is 6.00. The van der Waals surface area contributed by atoms with Gasteiger partial charge in [0.25, 0.3) is 0 Å². The maximum absolute atomic E-state index is 12.4. The Morgan fingerprint density at radius 3 is 2.46 bits per heavy atom. The first-order valence-corrected chi connectivity index (χ1v) is 8.66. The van der Waals surface area contributed by atoms with Crippen molar-refractivity contribution in [2.24, 2.45) is 11.7 Å². The van der Waals surface area contributed by atoms with E-state index in [9.17, 15) is 9.59 Å². The summed E-state index contributed by atoms with van der Waals surface area (Å²) in [6.07, 6.45) is 0.870. The molecule has 6 nitrogen and oxygen atoms in total. The molecule has 1 fully saturated rings. The van der Waals surface area contributed by atoms with Gasteiger partial charge in [-0.25, -0.2) is 4.79 Å². The molecule has 3 amide bonds. The Bertz CT molecular complexity index is 588. The van der Waals surface area contributed by atoms with E-state index < -0.39 is 6.04 Å². The third kappa shape index (κ3) is 4.61. The lowest BCUT2D eigenvalue weighted by atomic mass is 9.98. The van der Waals surface area contributed by atoms with Gasteiger partial charge in [0.05, 0.1) is 6.04 Å². The van der Waals surface area contributed by atoms with E-state index in [0.717, 1.165) is 6.42 Å². The molecule has 1 aliphatic heterocycles. The van der Waals surface area contributed by atoms with Crippen molar-refractivity contribution < 1.29 is 9.59 Å². The second kappa shape index (κ2) is 8.35. The summed E-state index contributed by atoms with van der Waals surface area (Å²) in [6, 6.07) is 6.36. The van der Waals surface area contributed by atoms with E-state index in [1.807, 2.05) is 13.8 Å².